The largest absolute Gasteiger partial charge is 0.377 e. The van der Waals surface area contributed by atoms with E-state index < -0.39 is 0 Å². The molecule has 0 saturated heterocycles. The predicted octanol–water partition coefficient (Wildman–Crippen LogP) is 3.91. The Morgan fingerprint density at radius 3 is 3.05 bits per heavy atom. The molecule has 4 nitrogen and oxygen atoms in total. The molecular formula is C17H16ClN3O. The van der Waals surface area contributed by atoms with Crippen molar-refractivity contribution in [3.8, 4) is 6.07 Å². The summed E-state index contributed by atoms with van der Waals surface area (Å²) in [4.78, 5) is 4.54. The van der Waals surface area contributed by atoms with Gasteiger partial charge in [-0.05, 0) is 37.1 Å². The average Bonchev–Trinajstić information content (AvgIpc) is 2.55. The van der Waals surface area contributed by atoms with Crippen LogP contribution in [0.25, 0.3) is 10.9 Å². The van der Waals surface area contributed by atoms with Crippen molar-refractivity contribution < 1.29 is 4.74 Å². The average molecular weight is 314 g/mol. The van der Waals surface area contributed by atoms with Crippen molar-refractivity contribution in [1.29, 1.82) is 5.26 Å². The topological polar surface area (TPSA) is 57.9 Å². The van der Waals surface area contributed by atoms with Crippen LogP contribution in [-0.2, 0) is 4.74 Å². The van der Waals surface area contributed by atoms with Crippen molar-refractivity contribution in [2.75, 3.05) is 25.1 Å². The summed E-state index contributed by atoms with van der Waals surface area (Å²) in [6.45, 7) is 2.31. The second kappa shape index (κ2) is 6.78. The van der Waals surface area contributed by atoms with Crippen LogP contribution in [0.1, 0.15) is 18.4 Å². The van der Waals surface area contributed by atoms with Gasteiger partial charge >= 0.3 is 0 Å². The van der Waals surface area contributed by atoms with Gasteiger partial charge in [0.1, 0.15) is 5.82 Å². The maximum absolute atomic E-state index is 9.31. The fourth-order valence-corrected chi connectivity index (χ4v) is 2.70. The van der Waals surface area contributed by atoms with Crippen molar-refractivity contribution in [1.82, 2.24) is 4.98 Å². The molecule has 1 aliphatic heterocycles. The smallest absolute Gasteiger partial charge is 0.127 e. The molecule has 22 heavy (non-hydrogen) atoms. The van der Waals surface area contributed by atoms with Gasteiger partial charge in [-0.15, -0.1) is 0 Å². The van der Waals surface area contributed by atoms with Crippen LogP contribution in [0, 0.1) is 11.3 Å². The number of hydrogen-bond donors (Lipinski definition) is 1. The molecule has 2 heterocycles. The van der Waals surface area contributed by atoms with Gasteiger partial charge in [-0.3, -0.25) is 0 Å². The van der Waals surface area contributed by atoms with Gasteiger partial charge in [0.05, 0.1) is 30.4 Å². The molecule has 0 bridgehead atoms. The molecule has 0 fully saturated rings. The first-order valence-corrected chi connectivity index (χ1v) is 7.64. The minimum absolute atomic E-state index is 0.584. The number of nitriles is 1. The number of nitrogens with zero attached hydrogens (tertiary/aromatic N) is 2. The molecule has 0 atom stereocenters. The van der Waals surface area contributed by atoms with Crippen LogP contribution in [0.5, 0.6) is 0 Å². The fraction of sp³-hybridized carbons (Fsp3) is 0.294. The zero-order valence-corrected chi connectivity index (χ0v) is 12.9. The number of rotatable bonds is 4. The number of ether oxygens (including phenoxy) is 1. The van der Waals surface area contributed by atoms with E-state index in [2.05, 4.69) is 22.4 Å². The fourth-order valence-electron chi connectivity index (χ4n) is 2.52. The number of halogens is 1. The third kappa shape index (κ3) is 3.38. The summed E-state index contributed by atoms with van der Waals surface area (Å²) < 4.78 is 5.30. The van der Waals surface area contributed by atoms with Crippen LogP contribution in [0.2, 0.25) is 5.02 Å². The molecule has 5 heteroatoms. The van der Waals surface area contributed by atoms with E-state index in [1.165, 1.54) is 5.57 Å². The van der Waals surface area contributed by atoms with Gasteiger partial charge in [-0.1, -0.05) is 23.3 Å². The highest BCUT2D eigenvalue weighted by molar-refractivity contribution is 6.31. The number of benzene rings is 1. The molecule has 0 radical (unpaired) electrons. The molecule has 0 saturated carbocycles. The van der Waals surface area contributed by atoms with Gasteiger partial charge in [0.15, 0.2) is 0 Å². The Kier molecular flexibility index (Phi) is 4.57. The first-order valence-electron chi connectivity index (χ1n) is 7.26. The Hall–Kier alpha value is -2.09. The minimum atomic E-state index is 0.584. The monoisotopic (exact) mass is 313 g/mol. The highest BCUT2D eigenvalue weighted by Crippen LogP contribution is 2.24. The molecule has 1 aromatic carbocycles. The first kappa shape index (κ1) is 14.8. The van der Waals surface area contributed by atoms with E-state index in [4.69, 9.17) is 16.3 Å². The van der Waals surface area contributed by atoms with Crippen molar-refractivity contribution >= 4 is 28.3 Å². The van der Waals surface area contributed by atoms with Crippen LogP contribution >= 0.6 is 11.6 Å². The van der Waals surface area contributed by atoms with Gasteiger partial charge in [0.2, 0.25) is 0 Å². The highest BCUT2D eigenvalue weighted by Gasteiger charge is 2.07. The van der Waals surface area contributed by atoms with Gasteiger partial charge in [0, 0.05) is 17.0 Å². The number of pyridine rings is 1. The maximum Gasteiger partial charge on any atom is 0.127 e. The molecule has 1 aliphatic rings. The van der Waals surface area contributed by atoms with Gasteiger partial charge < -0.3 is 10.1 Å². The zero-order valence-electron chi connectivity index (χ0n) is 12.1. The Labute approximate surface area is 134 Å². The second-order valence-corrected chi connectivity index (χ2v) is 5.63. The summed E-state index contributed by atoms with van der Waals surface area (Å²) in [6, 6.07) is 9.39. The lowest BCUT2D eigenvalue weighted by atomic mass is 10.1. The van der Waals surface area contributed by atoms with Crippen LogP contribution in [0.15, 0.2) is 35.9 Å². The summed E-state index contributed by atoms with van der Waals surface area (Å²) in [5, 5.41) is 14.0. The Morgan fingerprint density at radius 1 is 1.36 bits per heavy atom. The van der Waals surface area contributed by atoms with Gasteiger partial charge in [-0.2, -0.15) is 5.26 Å². The lowest BCUT2D eigenvalue weighted by molar-refractivity contribution is 0.153. The van der Waals surface area contributed by atoms with Crippen molar-refractivity contribution in [3.63, 3.8) is 0 Å². The summed E-state index contributed by atoms with van der Waals surface area (Å²) in [5.74, 6) is 0.721. The van der Waals surface area contributed by atoms with E-state index in [9.17, 15) is 5.26 Å². The summed E-state index contributed by atoms with van der Waals surface area (Å²) >= 11 is 5.99. The Bertz CT molecular complexity index is 764. The van der Waals surface area contributed by atoms with Crippen molar-refractivity contribution in [2.24, 2.45) is 0 Å². The van der Waals surface area contributed by atoms with E-state index in [1.54, 1.807) is 18.2 Å². The predicted molar refractivity (Wildman–Crippen MR) is 88.1 cm³/mol. The van der Waals surface area contributed by atoms with Crippen LogP contribution in [0.4, 0.5) is 5.82 Å². The standard InChI is InChI=1S/C17H16ClN3O/c18-14-1-2-16-15(10-14)13(11-19)9-17(21-16)20-6-3-12-4-7-22-8-5-12/h1-2,4,9-10H,3,5-8H2,(H,20,21). The zero-order chi connectivity index (χ0) is 15.4. The molecule has 1 aromatic heterocycles. The number of anilines is 1. The van der Waals surface area contributed by atoms with Gasteiger partial charge in [-0.25, -0.2) is 4.98 Å². The third-order valence-electron chi connectivity index (χ3n) is 3.70. The first-order chi connectivity index (χ1) is 10.8. The minimum Gasteiger partial charge on any atom is -0.377 e. The summed E-state index contributed by atoms with van der Waals surface area (Å²) in [7, 11) is 0. The maximum atomic E-state index is 9.31. The molecular weight excluding hydrogens is 298 g/mol. The lowest BCUT2D eigenvalue weighted by Crippen LogP contribution is -2.09. The van der Waals surface area contributed by atoms with E-state index in [0.717, 1.165) is 42.7 Å². The lowest BCUT2D eigenvalue weighted by Gasteiger charge is -2.14. The van der Waals surface area contributed by atoms with Crippen molar-refractivity contribution in [2.45, 2.75) is 12.8 Å². The van der Waals surface area contributed by atoms with Crippen molar-refractivity contribution in [3.05, 3.63) is 46.5 Å². The molecule has 0 amide bonds. The molecule has 0 unspecified atom stereocenters. The molecule has 0 aliphatic carbocycles. The Balaban J connectivity index is 1.75. The highest BCUT2D eigenvalue weighted by atomic mass is 35.5. The normalized spacial score (nSPS) is 14.5. The number of nitrogens with one attached hydrogen (secondary N) is 1. The van der Waals surface area contributed by atoms with E-state index in [1.807, 2.05) is 6.07 Å². The molecule has 2 aromatic rings. The number of fused-ring (bicyclic) bond motifs is 1. The summed E-state index contributed by atoms with van der Waals surface area (Å²) in [6.07, 6.45) is 4.10. The number of aromatic nitrogens is 1. The number of hydrogen-bond acceptors (Lipinski definition) is 4. The molecule has 112 valence electrons. The second-order valence-electron chi connectivity index (χ2n) is 5.19. The quantitative estimate of drug-likeness (QED) is 0.869. The summed E-state index contributed by atoms with van der Waals surface area (Å²) in [5.41, 5.74) is 2.77. The van der Waals surface area contributed by atoms with Gasteiger partial charge in [0.25, 0.3) is 0 Å². The molecule has 3 rings (SSSR count). The molecule has 0 spiro atoms. The third-order valence-corrected chi connectivity index (χ3v) is 3.94. The van der Waals surface area contributed by atoms with Crippen LogP contribution in [-0.4, -0.2) is 24.7 Å². The van der Waals surface area contributed by atoms with E-state index in [-0.39, 0.29) is 0 Å². The van der Waals surface area contributed by atoms with E-state index >= 15 is 0 Å². The SMILES string of the molecule is N#Cc1cc(NCCC2=CCOCC2)nc2ccc(Cl)cc12. The van der Waals surface area contributed by atoms with E-state index in [0.29, 0.717) is 17.2 Å². The van der Waals surface area contributed by atoms with Crippen LogP contribution in [0.3, 0.4) is 0 Å². The van der Waals surface area contributed by atoms with Crippen LogP contribution < -0.4 is 5.32 Å². The molecule has 1 N–H and O–H groups in total. The Morgan fingerprint density at radius 2 is 2.27 bits per heavy atom.